The molecular formula is C19H30N4O. The summed E-state index contributed by atoms with van der Waals surface area (Å²) >= 11 is 0. The molecule has 1 aliphatic carbocycles. The number of aryl methyl sites for hydroxylation is 1. The Morgan fingerprint density at radius 3 is 2.83 bits per heavy atom. The van der Waals surface area contributed by atoms with Crippen molar-refractivity contribution in [2.24, 2.45) is 17.3 Å². The van der Waals surface area contributed by atoms with Gasteiger partial charge in [-0.1, -0.05) is 31.9 Å². The standard InChI is InChI=1S/C19H30N4O/c1-13(2)12-14-17(19(14,3)4)18(24)20-10-9-16-22-21-15-8-6-5-7-11-23(15)16/h12,14,17H,5-11H2,1-4H3,(H,20,24)/t14-,17-/m0/s1. The van der Waals surface area contributed by atoms with E-state index in [1.807, 2.05) is 0 Å². The van der Waals surface area contributed by atoms with E-state index < -0.39 is 0 Å². The number of carbonyl (C=O) groups excluding carboxylic acids is 1. The third-order valence-electron chi connectivity index (χ3n) is 5.54. The van der Waals surface area contributed by atoms with Crippen LogP contribution in [0.2, 0.25) is 0 Å². The summed E-state index contributed by atoms with van der Waals surface area (Å²) in [4.78, 5) is 12.5. The fourth-order valence-corrected chi connectivity index (χ4v) is 3.99. The minimum atomic E-state index is 0.0767. The smallest absolute Gasteiger partial charge is 0.224 e. The number of carbonyl (C=O) groups is 1. The number of nitrogens with one attached hydrogen (secondary N) is 1. The van der Waals surface area contributed by atoms with Crippen molar-refractivity contribution >= 4 is 5.91 Å². The Hall–Kier alpha value is -1.65. The highest BCUT2D eigenvalue weighted by Crippen LogP contribution is 2.59. The molecule has 5 heteroatoms. The first-order chi connectivity index (χ1) is 11.4. The molecule has 1 N–H and O–H groups in total. The Bertz CT molecular complexity index is 640. The predicted molar refractivity (Wildman–Crippen MR) is 94.5 cm³/mol. The molecule has 3 rings (SSSR count). The highest BCUT2D eigenvalue weighted by molar-refractivity contribution is 5.83. The quantitative estimate of drug-likeness (QED) is 0.845. The van der Waals surface area contributed by atoms with Crippen LogP contribution >= 0.6 is 0 Å². The molecule has 0 bridgehead atoms. The van der Waals surface area contributed by atoms with Gasteiger partial charge in [-0.15, -0.1) is 10.2 Å². The van der Waals surface area contributed by atoms with Gasteiger partial charge in [0.1, 0.15) is 11.6 Å². The van der Waals surface area contributed by atoms with Crippen LogP contribution < -0.4 is 5.32 Å². The molecule has 1 aromatic rings. The molecule has 0 spiro atoms. The number of fused-ring (bicyclic) bond motifs is 1. The first-order valence-corrected chi connectivity index (χ1v) is 9.25. The molecular weight excluding hydrogens is 300 g/mol. The molecule has 0 radical (unpaired) electrons. The number of amides is 1. The fraction of sp³-hybridized carbons (Fsp3) is 0.737. The Morgan fingerprint density at radius 2 is 2.08 bits per heavy atom. The number of aromatic nitrogens is 3. The molecule has 24 heavy (non-hydrogen) atoms. The second-order valence-electron chi connectivity index (χ2n) is 8.10. The minimum absolute atomic E-state index is 0.0767. The minimum Gasteiger partial charge on any atom is -0.355 e. The first-order valence-electron chi connectivity index (χ1n) is 9.25. The van der Waals surface area contributed by atoms with E-state index >= 15 is 0 Å². The molecule has 2 atom stereocenters. The number of hydrogen-bond acceptors (Lipinski definition) is 3. The molecule has 0 aromatic carbocycles. The van der Waals surface area contributed by atoms with Crippen molar-refractivity contribution in [2.75, 3.05) is 6.54 Å². The van der Waals surface area contributed by atoms with Gasteiger partial charge in [0.25, 0.3) is 0 Å². The van der Waals surface area contributed by atoms with Crippen LogP contribution in [0.3, 0.4) is 0 Å². The number of allylic oxidation sites excluding steroid dienone is 2. The lowest BCUT2D eigenvalue weighted by Gasteiger charge is -2.08. The molecule has 1 fully saturated rings. The zero-order valence-electron chi connectivity index (χ0n) is 15.4. The van der Waals surface area contributed by atoms with Gasteiger partial charge in [-0.3, -0.25) is 4.79 Å². The van der Waals surface area contributed by atoms with Crippen molar-refractivity contribution in [3.63, 3.8) is 0 Å². The maximum Gasteiger partial charge on any atom is 0.224 e. The SMILES string of the molecule is CC(C)=C[C@H]1[C@@H](C(=O)NCCc2nnc3n2CCCCC3)C1(C)C. The third kappa shape index (κ3) is 3.40. The highest BCUT2D eigenvalue weighted by Gasteiger charge is 2.60. The van der Waals surface area contributed by atoms with Crippen LogP contribution in [0.15, 0.2) is 11.6 Å². The normalized spacial score (nSPS) is 24.7. The van der Waals surface area contributed by atoms with E-state index in [1.54, 1.807) is 0 Å². The van der Waals surface area contributed by atoms with Crippen molar-refractivity contribution in [1.82, 2.24) is 20.1 Å². The summed E-state index contributed by atoms with van der Waals surface area (Å²) in [7, 11) is 0. The Morgan fingerprint density at radius 1 is 1.29 bits per heavy atom. The predicted octanol–water partition coefficient (Wildman–Crippen LogP) is 2.90. The van der Waals surface area contributed by atoms with Gasteiger partial charge in [0, 0.05) is 25.9 Å². The number of rotatable bonds is 5. The topological polar surface area (TPSA) is 59.8 Å². The molecule has 2 aliphatic rings. The van der Waals surface area contributed by atoms with Crippen molar-refractivity contribution in [1.29, 1.82) is 0 Å². The zero-order chi connectivity index (χ0) is 17.3. The van der Waals surface area contributed by atoms with Crippen LogP contribution in [0.5, 0.6) is 0 Å². The van der Waals surface area contributed by atoms with Crippen molar-refractivity contribution in [3.05, 3.63) is 23.3 Å². The van der Waals surface area contributed by atoms with Gasteiger partial charge in [-0.25, -0.2) is 0 Å². The largest absolute Gasteiger partial charge is 0.355 e. The van der Waals surface area contributed by atoms with Crippen molar-refractivity contribution in [3.8, 4) is 0 Å². The molecule has 132 valence electrons. The summed E-state index contributed by atoms with van der Waals surface area (Å²) in [5, 5.41) is 11.8. The van der Waals surface area contributed by atoms with Gasteiger partial charge in [0.15, 0.2) is 0 Å². The Kier molecular flexibility index (Phi) is 4.79. The molecule has 0 unspecified atom stereocenters. The fourth-order valence-electron chi connectivity index (χ4n) is 3.99. The summed E-state index contributed by atoms with van der Waals surface area (Å²) < 4.78 is 2.26. The molecule has 0 saturated heterocycles. The van der Waals surface area contributed by atoms with Crippen LogP contribution in [0, 0.1) is 17.3 Å². The van der Waals surface area contributed by atoms with Crippen molar-refractivity contribution in [2.45, 2.75) is 66.3 Å². The molecule has 1 amide bonds. The molecule has 1 aliphatic heterocycles. The van der Waals surface area contributed by atoms with E-state index in [0.717, 1.165) is 31.0 Å². The van der Waals surface area contributed by atoms with Gasteiger partial charge in [-0.05, 0) is 38.0 Å². The maximum atomic E-state index is 12.5. The Balaban J connectivity index is 1.53. The maximum absolute atomic E-state index is 12.5. The van der Waals surface area contributed by atoms with Gasteiger partial charge in [0.2, 0.25) is 5.91 Å². The van der Waals surface area contributed by atoms with E-state index in [4.69, 9.17) is 0 Å². The lowest BCUT2D eigenvalue weighted by molar-refractivity contribution is -0.123. The first kappa shape index (κ1) is 17.2. The lowest BCUT2D eigenvalue weighted by atomic mass is 10.1. The highest BCUT2D eigenvalue weighted by atomic mass is 16.2. The van der Waals surface area contributed by atoms with E-state index in [9.17, 15) is 4.79 Å². The molecule has 5 nitrogen and oxygen atoms in total. The molecule has 2 heterocycles. The third-order valence-corrected chi connectivity index (χ3v) is 5.54. The number of hydrogen-bond donors (Lipinski definition) is 1. The van der Waals surface area contributed by atoms with E-state index in [0.29, 0.717) is 12.5 Å². The summed E-state index contributed by atoms with van der Waals surface area (Å²) in [6.45, 7) is 10.2. The van der Waals surface area contributed by atoms with Crippen LogP contribution in [0.25, 0.3) is 0 Å². The van der Waals surface area contributed by atoms with E-state index in [1.165, 1.54) is 24.8 Å². The summed E-state index contributed by atoms with van der Waals surface area (Å²) in [6.07, 6.45) is 7.70. The summed E-state index contributed by atoms with van der Waals surface area (Å²) in [6, 6.07) is 0. The zero-order valence-corrected chi connectivity index (χ0v) is 15.4. The summed E-state index contributed by atoms with van der Waals surface area (Å²) in [5.74, 6) is 2.77. The van der Waals surface area contributed by atoms with Crippen LogP contribution in [0.4, 0.5) is 0 Å². The second-order valence-corrected chi connectivity index (χ2v) is 8.10. The molecule has 1 saturated carbocycles. The van der Waals surface area contributed by atoms with Crippen LogP contribution in [-0.2, 0) is 24.2 Å². The van der Waals surface area contributed by atoms with Crippen LogP contribution in [-0.4, -0.2) is 27.2 Å². The van der Waals surface area contributed by atoms with Crippen molar-refractivity contribution < 1.29 is 4.79 Å². The lowest BCUT2D eigenvalue weighted by Crippen LogP contribution is -2.29. The average Bonchev–Trinajstić information content (AvgIpc) is 2.96. The molecule has 1 aromatic heterocycles. The average molecular weight is 330 g/mol. The van der Waals surface area contributed by atoms with Crippen LogP contribution in [0.1, 0.15) is 58.6 Å². The van der Waals surface area contributed by atoms with Gasteiger partial charge in [-0.2, -0.15) is 0 Å². The van der Waals surface area contributed by atoms with Gasteiger partial charge >= 0.3 is 0 Å². The summed E-state index contributed by atoms with van der Waals surface area (Å²) in [5.41, 5.74) is 1.36. The van der Waals surface area contributed by atoms with E-state index in [-0.39, 0.29) is 17.2 Å². The van der Waals surface area contributed by atoms with Gasteiger partial charge < -0.3 is 9.88 Å². The van der Waals surface area contributed by atoms with E-state index in [2.05, 4.69) is 53.9 Å². The Labute approximate surface area is 144 Å². The number of nitrogens with zero attached hydrogens (tertiary/aromatic N) is 3. The monoisotopic (exact) mass is 330 g/mol. The van der Waals surface area contributed by atoms with Gasteiger partial charge in [0.05, 0.1) is 5.92 Å². The second kappa shape index (κ2) is 6.69.